The summed E-state index contributed by atoms with van der Waals surface area (Å²) >= 11 is 0. The molecular formula is C15H24F2N2. The number of nitrogens with one attached hydrogen (secondary N) is 1. The van der Waals surface area contributed by atoms with E-state index in [2.05, 4.69) is 24.1 Å². The van der Waals surface area contributed by atoms with Crippen LogP contribution < -0.4 is 5.32 Å². The lowest BCUT2D eigenvalue weighted by atomic mass is 9.84. The van der Waals surface area contributed by atoms with Gasteiger partial charge in [-0.2, -0.15) is 0 Å². The Morgan fingerprint density at radius 3 is 2.42 bits per heavy atom. The van der Waals surface area contributed by atoms with Crippen LogP contribution in [0.25, 0.3) is 0 Å². The molecule has 0 aliphatic rings. The molecule has 0 heterocycles. The molecule has 108 valence electrons. The van der Waals surface area contributed by atoms with Gasteiger partial charge in [0.2, 0.25) is 0 Å². The van der Waals surface area contributed by atoms with E-state index in [0.717, 1.165) is 12.5 Å². The topological polar surface area (TPSA) is 15.3 Å². The highest BCUT2D eigenvalue weighted by molar-refractivity contribution is 5.21. The summed E-state index contributed by atoms with van der Waals surface area (Å²) in [7, 11) is 5.88. The number of benzene rings is 1. The largest absolute Gasteiger partial charge is 0.315 e. The van der Waals surface area contributed by atoms with E-state index in [4.69, 9.17) is 0 Å². The van der Waals surface area contributed by atoms with Crippen molar-refractivity contribution in [2.45, 2.75) is 38.3 Å². The molecule has 0 fully saturated rings. The molecule has 0 saturated carbocycles. The first-order valence-corrected chi connectivity index (χ1v) is 6.64. The third-order valence-electron chi connectivity index (χ3n) is 4.29. The molecule has 0 amide bonds. The average molecular weight is 270 g/mol. The van der Waals surface area contributed by atoms with Crippen molar-refractivity contribution in [3.05, 3.63) is 35.4 Å². The third kappa shape index (κ3) is 3.31. The second kappa shape index (κ2) is 6.44. The van der Waals surface area contributed by atoms with Crippen LogP contribution in [0.15, 0.2) is 18.2 Å². The van der Waals surface area contributed by atoms with Gasteiger partial charge in [-0.1, -0.05) is 19.1 Å². The van der Waals surface area contributed by atoms with Gasteiger partial charge in [0.1, 0.15) is 0 Å². The molecule has 0 aliphatic heterocycles. The molecule has 2 nitrogen and oxygen atoms in total. The number of nitrogens with zero attached hydrogens (tertiary/aromatic N) is 1. The standard InChI is InChI=1S/C15H24F2N2/c1-6-15(2,19(4)5)13(18-3)10-11-8-7-9-12(16)14(11)17/h7-9,13,18H,6,10H2,1-5H3. The molecule has 0 saturated heterocycles. The first-order chi connectivity index (χ1) is 8.86. The Kier molecular flexibility index (Phi) is 5.44. The predicted molar refractivity (Wildman–Crippen MR) is 75.3 cm³/mol. The van der Waals surface area contributed by atoms with Gasteiger partial charge in [-0.25, -0.2) is 8.78 Å². The Balaban J connectivity index is 3.02. The van der Waals surface area contributed by atoms with Crippen LogP contribution in [0.3, 0.4) is 0 Å². The summed E-state index contributed by atoms with van der Waals surface area (Å²) in [6.45, 7) is 4.23. The summed E-state index contributed by atoms with van der Waals surface area (Å²) in [5, 5.41) is 3.24. The summed E-state index contributed by atoms with van der Waals surface area (Å²) in [6, 6.07) is 4.40. The lowest BCUT2D eigenvalue weighted by Gasteiger charge is -2.42. The van der Waals surface area contributed by atoms with Crippen molar-refractivity contribution in [3.63, 3.8) is 0 Å². The van der Waals surface area contributed by atoms with Gasteiger partial charge >= 0.3 is 0 Å². The van der Waals surface area contributed by atoms with Crippen molar-refractivity contribution >= 4 is 0 Å². The quantitative estimate of drug-likeness (QED) is 0.855. The smallest absolute Gasteiger partial charge is 0.162 e. The molecule has 2 unspecified atom stereocenters. The van der Waals surface area contributed by atoms with Crippen LogP contribution >= 0.6 is 0 Å². The van der Waals surface area contributed by atoms with Gasteiger partial charge in [0.15, 0.2) is 11.6 Å². The molecule has 1 aromatic carbocycles. The van der Waals surface area contributed by atoms with Crippen LogP contribution in [0.1, 0.15) is 25.8 Å². The molecule has 0 aliphatic carbocycles. The molecule has 19 heavy (non-hydrogen) atoms. The lowest BCUT2D eigenvalue weighted by molar-refractivity contribution is 0.116. The highest BCUT2D eigenvalue weighted by Gasteiger charge is 2.34. The third-order valence-corrected chi connectivity index (χ3v) is 4.29. The molecule has 1 rings (SSSR count). The number of likely N-dealkylation sites (N-methyl/N-ethyl adjacent to an activating group) is 2. The van der Waals surface area contributed by atoms with Crippen molar-refractivity contribution in [1.82, 2.24) is 10.2 Å². The molecule has 0 bridgehead atoms. The molecule has 1 aromatic rings. The van der Waals surface area contributed by atoms with Crippen LogP contribution in [-0.2, 0) is 6.42 Å². The molecule has 2 atom stereocenters. The van der Waals surface area contributed by atoms with Gasteiger partial charge in [-0.15, -0.1) is 0 Å². The van der Waals surface area contributed by atoms with Gasteiger partial charge in [0, 0.05) is 11.6 Å². The van der Waals surface area contributed by atoms with Crippen LogP contribution in [0.4, 0.5) is 8.78 Å². The molecule has 0 radical (unpaired) electrons. The number of rotatable bonds is 6. The van der Waals surface area contributed by atoms with Crippen molar-refractivity contribution in [1.29, 1.82) is 0 Å². The van der Waals surface area contributed by atoms with Gasteiger partial charge in [0.05, 0.1) is 0 Å². The number of hydrogen-bond donors (Lipinski definition) is 1. The van der Waals surface area contributed by atoms with E-state index >= 15 is 0 Å². The Bertz CT molecular complexity index is 421. The SMILES string of the molecule is CCC(C)(C(Cc1cccc(F)c1F)NC)N(C)C. The maximum atomic E-state index is 13.8. The van der Waals surface area contributed by atoms with Crippen LogP contribution in [0.5, 0.6) is 0 Å². The summed E-state index contributed by atoms with van der Waals surface area (Å²) in [6.07, 6.45) is 1.38. The number of halogens is 2. The monoisotopic (exact) mass is 270 g/mol. The maximum Gasteiger partial charge on any atom is 0.162 e. The fourth-order valence-corrected chi connectivity index (χ4v) is 2.43. The fourth-order valence-electron chi connectivity index (χ4n) is 2.43. The van der Waals surface area contributed by atoms with E-state index in [1.54, 1.807) is 12.1 Å². The van der Waals surface area contributed by atoms with Crippen LogP contribution in [0.2, 0.25) is 0 Å². The summed E-state index contributed by atoms with van der Waals surface area (Å²) < 4.78 is 27.0. The summed E-state index contributed by atoms with van der Waals surface area (Å²) in [5.74, 6) is -1.52. The molecule has 4 heteroatoms. The predicted octanol–water partition coefficient (Wildman–Crippen LogP) is 2.83. The first kappa shape index (κ1) is 16.1. The van der Waals surface area contributed by atoms with E-state index in [9.17, 15) is 8.78 Å². The Morgan fingerprint density at radius 2 is 1.95 bits per heavy atom. The van der Waals surface area contributed by atoms with Crippen LogP contribution in [0, 0.1) is 11.6 Å². The minimum atomic E-state index is -0.782. The second-order valence-electron chi connectivity index (χ2n) is 5.36. The van der Waals surface area contributed by atoms with E-state index in [1.807, 2.05) is 21.1 Å². The number of hydrogen-bond acceptors (Lipinski definition) is 2. The molecule has 0 aromatic heterocycles. The van der Waals surface area contributed by atoms with E-state index in [1.165, 1.54) is 0 Å². The highest BCUT2D eigenvalue weighted by Crippen LogP contribution is 2.25. The first-order valence-electron chi connectivity index (χ1n) is 6.64. The Labute approximate surface area is 114 Å². The Morgan fingerprint density at radius 1 is 1.32 bits per heavy atom. The van der Waals surface area contributed by atoms with E-state index in [-0.39, 0.29) is 11.6 Å². The Hall–Kier alpha value is -1.00. The normalized spacial score (nSPS) is 16.4. The van der Waals surface area contributed by atoms with Gasteiger partial charge in [-0.05, 0) is 52.5 Å². The van der Waals surface area contributed by atoms with Crippen LogP contribution in [-0.4, -0.2) is 37.6 Å². The van der Waals surface area contributed by atoms with Gasteiger partial charge in [0.25, 0.3) is 0 Å². The fraction of sp³-hybridized carbons (Fsp3) is 0.600. The van der Waals surface area contributed by atoms with Crippen molar-refractivity contribution in [3.8, 4) is 0 Å². The zero-order valence-corrected chi connectivity index (χ0v) is 12.4. The minimum absolute atomic E-state index is 0.0452. The molecule has 0 spiro atoms. The van der Waals surface area contributed by atoms with E-state index in [0.29, 0.717) is 12.0 Å². The van der Waals surface area contributed by atoms with Gasteiger partial charge in [-0.3, -0.25) is 0 Å². The van der Waals surface area contributed by atoms with Crippen molar-refractivity contribution in [2.24, 2.45) is 0 Å². The maximum absolute atomic E-state index is 13.8. The van der Waals surface area contributed by atoms with Crippen molar-refractivity contribution in [2.75, 3.05) is 21.1 Å². The molecular weight excluding hydrogens is 246 g/mol. The summed E-state index contributed by atoms with van der Waals surface area (Å²) in [5.41, 5.74) is 0.300. The van der Waals surface area contributed by atoms with Gasteiger partial charge < -0.3 is 10.2 Å². The zero-order valence-electron chi connectivity index (χ0n) is 12.4. The molecule has 1 N–H and O–H groups in total. The van der Waals surface area contributed by atoms with Crippen molar-refractivity contribution < 1.29 is 8.78 Å². The summed E-state index contributed by atoms with van der Waals surface area (Å²) in [4.78, 5) is 2.13. The highest BCUT2D eigenvalue weighted by atomic mass is 19.2. The average Bonchev–Trinajstić information content (AvgIpc) is 2.39. The second-order valence-corrected chi connectivity index (χ2v) is 5.36. The zero-order chi connectivity index (χ0) is 14.6. The lowest BCUT2D eigenvalue weighted by Crippen LogP contribution is -2.57. The minimum Gasteiger partial charge on any atom is -0.315 e. The van der Waals surface area contributed by atoms with E-state index < -0.39 is 11.6 Å².